The Bertz CT molecular complexity index is 112. The molecule has 0 spiro atoms. The monoisotopic (exact) mass is 183 g/mol. The first-order valence-electron chi connectivity index (χ1n) is 1.96. The van der Waals surface area contributed by atoms with E-state index >= 15 is 0 Å². The maximum atomic E-state index is 2.00. The molecule has 1 aromatic rings. The molecule has 1 heterocycles. The van der Waals surface area contributed by atoms with Gasteiger partial charge < -0.3 is 4.57 Å². The smallest absolute Gasteiger partial charge is 0.0106 e. The van der Waals surface area contributed by atoms with Crippen LogP contribution in [-0.2, 0) is 26.5 Å². The van der Waals surface area contributed by atoms with Gasteiger partial charge in [0.15, 0.2) is 0 Å². The molecule has 1 rings (SSSR count). The van der Waals surface area contributed by atoms with Crippen molar-refractivity contribution in [3.63, 3.8) is 0 Å². The standard InChI is InChI=1S/C5H7N.Ru/c1-6-4-2-3-5-6;/h2-5H,1H3;. The number of hydrogen-bond donors (Lipinski definition) is 0. The van der Waals surface area contributed by atoms with Crippen molar-refractivity contribution >= 4 is 0 Å². The normalized spacial score (nSPS) is 7.57. The van der Waals surface area contributed by atoms with Crippen LogP contribution >= 0.6 is 0 Å². The van der Waals surface area contributed by atoms with Gasteiger partial charge in [-0.25, -0.2) is 0 Å². The molecule has 0 aromatic carbocycles. The van der Waals surface area contributed by atoms with Gasteiger partial charge in [0.1, 0.15) is 0 Å². The minimum absolute atomic E-state index is 0. The molecular weight excluding hydrogens is 175 g/mol. The third-order valence-corrected chi connectivity index (χ3v) is 0.754. The van der Waals surface area contributed by atoms with Gasteiger partial charge >= 0.3 is 0 Å². The van der Waals surface area contributed by atoms with Crippen LogP contribution in [0.25, 0.3) is 0 Å². The van der Waals surface area contributed by atoms with Crippen LogP contribution < -0.4 is 0 Å². The van der Waals surface area contributed by atoms with Gasteiger partial charge in [-0.05, 0) is 12.1 Å². The van der Waals surface area contributed by atoms with Crippen LogP contribution in [0.4, 0.5) is 0 Å². The SMILES string of the molecule is Cn1cccc1.[Ru]. The average Bonchev–Trinajstić information content (AvgIpc) is 1.86. The van der Waals surface area contributed by atoms with Crippen molar-refractivity contribution in [1.29, 1.82) is 0 Å². The van der Waals surface area contributed by atoms with Gasteiger partial charge in [0.05, 0.1) is 0 Å². The predicted molar refractivity (Wildman–Crippen MR) is 25.4 cm³/mol. The fourth-order valence-electron chi connectivity index (χ4n) is 0.421. The number of hydrogen-bond acceptors (Lipinski definition) is 0. The summed E-state index contributed by atoms with van der Waals surface area (Å²) in [6.45, 7) is 0. The summed E-state index contributed by atoms with van der Waals surface area (Å²) in [6.07, 6.45) is 4.00. The van der Waals surface area contributed by atoms with Crippen molar-refractivity contribution in [2.45, 2.75) is 0 Å². The summed E-state index contributed by atoms with van der Waals surface area (Å²) in [6, 6.07) is 4.00. The Hall–Kier alpha value is -0.0966. The Morgan fingerprint density at radius 2 is 1.57 bits per heavy atom. The topological polar surface area (TPSA) is 4.93 Å². The fraction of sp³-hybridized carbons (Fsp3) is 0.200. The van der Waals surface area contributed by atoms with E-state index in [0.29, 0.717) is 0 Å². The fourth-order valence-corrected chi connectivity index (χ4v) is 0.421. The third-order valence-electron chi connectivity index (χ3n) is 0.754. The minimum Gasteiger partial charge on any atom is -0.357 e. The van der Waals surface area contributed by atoms with E-state index in [1.54, 1.807) is 0 Å². The minimum atomic E-state index is 0. The van der Waals surface area contributed by atoms with Crippen molar-refractivity contribution in [3.05, 3.63) is 24.5 Å². The van der Waals surface area contributed by atoms with Crippen molar-refractivity contribution in [2.75, 3.05) is 0 Å². The molecule has 0 aliphatic carbocycles. The second-order valence-electron chi connectivity index (χ2n) is 1.35. The molecule has 0 aliphatic rings. The van der Waals surface area contributed by atoms with E-state index in [-0.39, 0.29) is 19.5 Å². The van der Waals surface area contributed by atoms with Gasteiger partial charge in [0.25, 0.3) is 0 Å². The second kappa shape index (κ2) is 2.98. The summed E-state index contributed by atoms with van der Waals surface area (Å²) in [7, 11) is 2.00. The van der Waals surface area contributed by atoms with Crippen LogP contribution in [0.2, 0.25) is 0 Å². The summed E-state index contributed by atoms with van der Waals surface area (Å²) in [5.41, 5.74) is 0. The maximum Gasteiger partial charge on any atom is 0.0106 e. The molecule has 1 aromatic heterocycles. The molecular formula is C5H7NRu. The van der Waals surface area contributed by atoms with Crippen LogP contribution in [0, 0.1) is 0 Å². The van der Waals surface area contributed by atoms with E-state index < -0.39 is 0 Å². The van der Waals surface area contributed by atoms with Crippen LogP contribution in [0.3, 0.4) is 0 Å². The van der Waals surface area contributed by atoms with Gasteiger partial charge in [0.2, 0.25) is 0 Å². The van der Waals surface area contributed by atoms with Gasteiger partial charge in [-0.15, -0.1) is 0 Å². The van der Waals surface area contributed by atoms with E-state index in [1.807, 2.05) is 36.1 Å². The van der Waals surface area contributed by atoms with Crippen molar-refractivity contribution in [2.24, 2.45) is 7.05 Å². The van der Waals surface area contributed by atoms with Crippen molar-refractivity contribution in [1.82, 2.24) is 4.57 Å². The van der Waals surface area contributed by atoms with Crippen molar-refractivity contribution < 1.29 is 19.5 Å². The average molecular weight is 182 g/mol. The molecule has 7 heavy (non-hydrogen) atoms. The zero-order valence-corrected chi connectivity index (χ0v) is 5.85. The molecule has 0 N–H and O–H groups in total. The molecule has 0 bridgehead atoms. The summed E-state index contributed by atoms with van der Waals surface area (Å²) in [4.78, 5) is 0. The molecule has 0 amide bonds. The van der Waals surface area contributed by atoms with Gasteiger partial charge in [-0.1, -0.05) is 0 Å². The number of nitrogens with zero attached hydrogens (tertiary/aromatic N) is 1. The molecule has 0 atom stereocenters. The Morgan fingerprint density at radius 1 is 1.14 bits per heavy atom. The molecule has 0 unspecified atom stereocenters. The molecule has 0 saturated carbocycles. The van der Waals surface area contributed by atoms with Gasteiger partial charge in [-0.2, -0.15) is 0 Å². The summed E-state index contributed by atoms with van der Waals surface area (Å²) < 4.78 is 2.00. The Kier molecular flexibility index (Phi) is 2.94. The molecule has 1 nitrogen and oxygen atoms in total. The summed E-state index contributed by atoms with van der Waals surface area (Å²) in [5.74, 6) is 0. The Labute approximate surface area is 56.1 Å². The van der Waals surface area contributed by atoms with Crippen molar-refractivity contribution in [3.8, 4) is 0 Å². The van der Waals surface area contributed by atoms with E-state index in [2.05, 4.69) is 0 Å². The summed E-state index contributed by atoms with van der Waals surface area (Å²) >= 11 is 0. The Morgan fingerprint density at radius 3 is 1.71 bits per heavy atom. The van der Waals surface area contributed by atoms with Gasteiger partial charge in [0, 0.05) is 38.9 Å². The molecule has 40 valence electrons. The zero-order valence-electron chi connectivity index (χ0n) is 4.11. The van der Waals surface area contributed by atoms with E-state index in [1.165, 1.54) is 0 Å². The van der Waals surface area contributed by atoms with E-state index in [4.69, 9.17) is 0 Å². The van der Waals surface area contributed by atoms with Crippen LogP contribution in [0.15, 0.2) is 24.5 Å². The second-order valence-corrected chi connectivity index (χ2v) is 1.35. The quantitative estimate of drug-likeness (QED) is 0.528. The third kappa shape index (κ3) is 1.89. The maximum absolute atomic E-state index is 2.00. The first-order valence-corrected chi connectivity index (χ1v) is 1.96. The number of rotatable bonds is 0. The van der Waals surface area contributed by atoms with Gasteiger partial charge in [-0.3, -0.25) is 0 Å². The first-order chi connectivity index (χ1) is 2.89. The Balaban J connectivity index is 0.000000360. The zero-order chi connectivity index (χ0) is 4.41. The van der Waals surface area contributed by atoms with Crippen LogP contribution in [0.1, 0.15) is 0 Å². The molecule has 0 aliphatic heterocycles. The van der Waals surface area contributed by atoms with Crippen LogP contribution in [0.5, 0.6) is 0 Å². The molecule has 0 radical (unpaired) electrons. The number of aryl methyl sites for hydroxylation is 1. The number of aromatic nitrogens is 1. The summed E-state index contributed by atoms with van der Waals surface area (Å²) in [5, 5.41) is 0. The predicted octanol–water partition coefficient (Wildman–Crippen LogP) is 1.02. The molecule has 0 fully saturated rings. The molecule has 2 heteroatoms. The largest absolute Gasteiger partial charge is 0.357 e. The van der Waals surface area contributed by atoms with Crippen LogP contribution in [-0.4, -0.2) is 4.57 Å². The van der Waals surface area contributed by atoms with E-state index in [9.17, 15) is 0 Å². The first kappa shape index (κ1) is 6.90. The van der Waals surface area contributed by atoms with E-state index in [0.717, 1.165) is 0 Å². The molecule has 0 saturated heterocycles.